The maximum Gasteiger partial charge on any atom is 0.220 e. The predicted octanol–water partition coefficient (Wildman–Crippen LogP) is 5.09. The standard InChI is InChI=1S/C26H25FN2O2/c1-31-25-9-5-2-6-20(25)16-28-26(30)15-12-21-18-29(24-8-4-3-7-23(21)24)17-19-10-13-22(27)14-11-19/h2-11,13-14,18H,12,15-17H2,1H3,(H,28,30). The van der Waals surface area contributed by atoms with Crippen LogP contribution in [0.3, 0.4) is 0 Å². The minimum Gasteiger partial charge on any atom is -0.496 e. The summed E-state index contributed by atoms with van der Waals surface area (Å²) < 4.78 is 20.7. The Kier molecular flexibility index (Phi) is 6.32. The number of carbonyl (C=O) groups excluding carboxylic acids is 1. The molecule has 0 spiro atoms. The number of halogens is 1. The van der Waals surface area contributed by atoms with E-state index in [1.165, 1.54) is 12.1 Å². The molecule has 0 saturated carbocycles. The molecule has 0 aliphatic heterocycles. The molecule has 0 atom stereocenters. The van der Waals surface area contributed by atoms with Crippen LogP contribution in [0.2, 0.25) is 0 Å². The van der Waals surface area contributed by atoms with Crippen molar-refractivity contribution in [3.8, 4) is 5.75 Å². The van der Waals surface area contributed by atoms with Crippen molar-refractivity contribution in [2.45, 2.75) is 25.9 Å². The summed E-state index contributed by atoms with van der Waals surface area (Å²) in [5.41, 5.74) is 4.22. The van der Waals surface area contributed by atoms with Gasteiger partial charge < -0.3 is 14.6 Å². The van der Waals surface area contributed by atoms with E-state index in [1.807, 2.05) is 36.4 Å². The summed E-state index contributed by atoms with van der Waals surface area (Å²) in [4.78, 5) is 12.5. The molecule has 0 unspecified atom stereocenters. The minimum atomic E-state index is -0.235. The molecule has 0 aliphatic rings. The maximum absolute atomic E-state index is 13.2. The molecule has 0 saturated heterocycles. The highest BCUT2D eigenvalue weighted by atomic mass is 19.1. The fourth-order valence-corrected chi connectivity index (χ4v) is 3.82. The normalized spacial score (nSPS) is 10.9. The van der Waals surface area contributed by atoms with E-state index in [4.69, 9.17) is 4.74 Å². The van der Waals surface area contributed by atoms with Gasteiger partial charge in [0.25, 0.3) is 0 Å². The van der Waals surface area contributed by atoms with Gasteiger partial charge in [0, 0.05) is 42.2 Å². The van der Waals surface area contributed by atoms with Crippen molar-refractivity contribution in [3.63, 3.8) is 0 Å². The molecule has 0 fully saturated rings. The van der Waals surface area contributed by atoms with Crippen molar-refractivity contribution in [2.24, 2.45) is 0 Å². The molecule has 3 aromatic carbocycles. The number of amides is 1. The molecule has 0 radical (unpaired) electrons. The zero-order chi connectivity index (χ0) is 21.6. The van der Waals surface area contributed by atoms with Gasteiger partial charge in [0.05, 0.1) is 7.11 Å². The molecule has 5 heteroatoms. The number of hydrogen-bond acceptors (Lipinski definition) is 2. The van der Waals surface area contributed by atoms with Crippen LogP contribution >= 0.6 is 0 Å². The molecule has 0 aliphatic carbocycles. The smallest absolute Gasteiger partial charge is 0.220 e. The van der Waals surface area contributed by atoms with Gasteiger partial charge in [-0.25, -0.2) is 4.39 Å². The van der Waals surface area contributed by atoms with E-state index in [0.29, 0.717) is 25.9 Å². The lowest BCUT2D eigenvalue weighted by atomic mass is 10.1. The zero-order valence-electron chi connectivity index (χ0n) is 17.5. The number of rotatable bonds is 8. The lowest BCUT2D eigenvalue weighted by molar-refractivity contribution is -0.121. The number of para-hydroxylation sites is 2. The van der Waals surface area contributed by atoms with Crippen LogP contribution in [0.15, 0.2) is 79.0 Å². The number of benzene rings is 3. The molecule has 4 aromatic rings. The van der Waals surface area contributed by atoms with Crippen molar-refractivity contribution in [1.82, 2.24) is 9.88 Å². The largest absolute Gasteiger partial charge is 0.496 e. The lowest BCUT2D eigenvalue weighted by Gasteiger charge is -2.09. The van der Waals surface area contributed by atoms with Gasteiger partial charge in [0.15, 0.2) is 0 Å². The van der Waals surface area contributed by atoms with Crippen LogP contribution in [0, 0.1) is 5.82 Å². The third kappa shape index (κ3) is 4.94. The Bertz CT molecular complexity index is 1180. The third-order valence-electron chi connectivity index (χ3n) is 5.43. The van der Waals surface area contributed by atoms with Crippen LogP contribution in [0.5, 0.6) is 5.75 Å². The number of nitrogens with zero attached hydrogens (tertiary/aromatic N) is 1. The van der Waals surface area contributed by atoms with Crippen molar-refractivity contribution in [3.05, 3.63) is 102 Å². The van der Waals surface area contributed by atoms with Crippen molar-refractivity contribution < 1.29 is 13.9 Å². The molecule has 4 rings (SSSR count). The van der Waals surface area contributed by atoms with E-state index in [2.05, 4.69) is 28.2 Å². The number of methoxy groups -OCH3 is 1. The first-order valence-corrected chi connectivity index (χ1v) is 10.3. The van der Waals surface area contributed by atoms with Crippen molar-refractivity contribution in [2.75, 3.05) is 7.11 Å². The molecule has 1 N–H and O–H groups in total. The Labute approximate surface area is 181 Å². The molecular formula is C26H25FN2O2. The summed E-state index contributed by atoms with van der Waals surface area (Å²) in [5.74, 6) is 0.536. The Hall–Kier alpha value is -3.60. The van der Waals surface area contributed by atoms with Gasteiger partial charge in [0.1, 0.15) is 11.6 Å². The summed E-state index contributed by atoms with van der Waals surface area (Å²) in [6, 6.07) is 22.4. The zero-order valence-corrected chi connectivity index (χ0v) is 17.5. The number of aromatic nitrogens is 1. The summed E-state index contributed by atoms with van der Waals surface area (Å²) in [6.07, 6.45) is 3.15. The first kappa shape index (κ1) is 20.7. The average Bonchev–Trinajstić information content (AvgIpc) is 3.15. The van der Waals surface area contributed by atoms with Gasteiger partial charge in [-0.05, 0) is 41.8 Å². The second-order valence-electron chi connectivity index (χ2n) is 7.51. The van der Waals surface area contributed by atoms with Crippen LogP contribution in [-0.4, -0.2) is 17.6 Å². The lowest BCUT2D eigenvalue weighted by Crippen LogP contribution is -2.23. The highest BCUT2D eigenvalue weighted by Gasteiger charge is 2.11. The number of carbonyl (C=O) groups is 1. The predicted molar refractivity (Wildman–Crippen MR) is 121 cm³/mol. The van der Waals surface area contributed by atoms with Gasteiger partial charge in [-0.15, -0.1) is 0 Å². The SMILES string of the molecule is COc1ccccc1CNC(=O)CCc1cn(Cc2ccc(F)cc2)c2ccccc12. The number of ether oxygens (including phenoxy) is 1. The van der Waals surface area contributed by atoms with E-state index < -0.39 is 0 Å². The second-order valence-corrected chi connectivity index (χ2v) is 7.51. The van der Waals surface area contributed by atoms with E-state index in [0.717, 1.165) is 33.3 Å². The fourth-order valence-electron chi connectivity index (χ4n) is 3.82. The van der Waals surface area contributed by atoms with Crippen molar-refractivity contribution in [1.29, 1.82) is 0 Å². The van der Waals surface area contributed by atoms with Gasteiger partial charge in [0.2, 0.25) is 5.91 Å². The molecule has 31 heavy (non-hydrogen) atoms. The Balaban J connectivity index is 1.43. The highest BCUT2D eigenvalue weighted by Crippen LogP contribution is 2.24. The van der Waals surface area contributed by atoms with Crippen molar-refractivity contribution >= 4 is 16.8 Å². The van der Waals surface area contributed by atoms with Gasteiger partial charge in [-0.1, -0.05) is 48.5 Å². The fraction of sp³-hybridized carbons (Fsp3) is 0.192. The first-order valence-electron chi connectivity index (χ1n) is 10.3. The molecule has 158 valence electrons. The van der Waals surface area contributed by atoms with Crippen LogP contribution in [0.1, 0.15) is 23.1 Å². The van der Waals surface area contributed by atoms with Gasteiger partial charge in [-0.2, -0.15) is 0 Å². The maximum atomic E-state index is 13.2. The summed E-state index contributed by atoms with van der Waals surface area (Å²) in [5, 5.41) is 4.12. The summed E-state index contributed by atoms with van der Waals surface area (Å²) in [7, 11) is 1.63. The van der Waals surface area contributed by atoms with Crippen LogP contribution in [-0.2, 0) is 24.3 Å². The van der Waals surface area contributed by atoms with Gasteiger partial charge in [-0.3, -0.25) is 4.79 Å². The van der Waals surface area contributed by atoms with E-state index in [1.54, 1.807) is 19.2 Å². The Morgan fingerprint density at radius 1 is 0.968 bits per heavy atom. The molecule has 4 nitrogen and oxygen atoms in total. The molecular weight excluding hydrogens is 391 g/mol. The van der Waals surface area contributed by atoms with Crippen LogP contribution < -0.4 is 10.1 Å². The highest BCUT2D eigenvalue weighted by molar-refractivity contribution is 5.85. The monoisotopic (exact) mass is 416 g/mol. The number of aryl methyl sites for hydroxylation is 1. The van der Waals surface area contributed by atoms with Crippen LogP contribution in [0.25, 0.3) is 10.9 Å². The second kappa shape index (κ2) is 9.47. The van der Waals surface area contributed by atoms with E-state index in [9.17, 15) is 9.18 Å². The quantitative estimate of drug-likeness (QED) is 0.435. The van der Waals surface area contributed by atoms with Crippen LogP contribution in [0.4, 0.5) is 4.39 Å². The number of nitrogens with one attached hydrogen (secondary N) is 1. The Morgan fingerprint density at radius 3 is 2.52 bits per heavy atom. The molecule has 1 aromatic heterocycles. The first-order chi connectivity index (χ1) is 15.1. The number of hydrogen-bond donors (Lipinski definition) is 1. The topological polar surface area (TPSA) is 43.3 Å². The third-order valence-corrected chi connectivity index (χ3v) is 5.43. The number of fused-ring (bicyclic) bond motifs is 1. The summed E-state index contributed by atoms with van der Waals surface area (Å²) >= 11 is 0. The average molecular weight is 416 g/mol. The van der Waals surface area contributed by atoms with E-state index >= 15 is 0 Å². The molecule has 1 amide bonds. The molecule has 0 bridgehead atoms. The minimum absolute atomic E-state index is 0.00118. The van der Waals surface area contributed by atoms with Gasteiger partial charge >= 0.3 is 0 Å². The summed E-state index contributed by atoms with van der Waals surface area (Å²) in [6.45, 7) is 1.09. The Morgan fingerprint density at radius 2 is 1.71 bits per heavy atom. The molecule has 1 heterocycles. The van der Waals surface area contributed by atoms with E-state index in [-0.39, 0.29) is 11.7 Å².